The van der Waals surface area contributed by atoms with Gasteiger partial charge in [0.05, 0.1) is 0 Å². The number of aromatic hydroxyl groups is 1. The Hall–Kier alpha value is -4.85. The van der Waals surface area contributed by atoms with Crippen LogP contribution in [0.5, 0.6) is 5.75 Å². The van der Waals surface area contributed by atoms with Crippen molar-refractivity contribution in [1.29, 1.82) is 0 Å². The number of carbonyl (C=O) groups is 5. The smallest absolute Gasteiger partial charge is 0.410 e. The highest BCUT2D eigenvalue weighted by Gasteiger charge is 2.37. The van der Waals surface area contributed by atoms with Crippen LogP contribution in [-0.2, 0) is 36.7 Å². The van der Waals surface area contributed by atoms with E-state index in [-0.39, 0.29) is 48.6 Å². The predicted octanol–water partition coefficient (Wildman–Crippen LogP) is 4.73. The summed E-state index contributed by atoms with van der Waals surface area (Å²) in [6.45, 7) is 7.86. The van der Waals surface area contributed by atoms with Crippen molar-refractivity contribution in [2.45, 2.75) is 96.2 Å². The second-order valence-electron chi connectivity index (χ2n) is 16.4. The Morgan fingerprint density at radius 2 is 1.49 bits per heavy atom. The molecule has 2 aromatic rings. The van der Waals surface area contributed by atoms with Crippen LogP contribution < -0.4 is 5.32 Å². The minimum atomic E-state index is -1.02. The summed E-state index contributed by atoms with van der Waals surface area (Å²) in [6, 6.07) is 11.8. The number of rotatable bonds is 11. The summed E-state index contributed by atoms with van der Waals surface area (Å²) in [5, 5.41) is 13.4. The number of urea groups is 1. The monoisotopic (exact) mass is 788 g/mol. The van der Waals surface area contributed by atoms with E-state index in [4.69, 9.17) is 9.47 Å². The van der Waals surface area contributed by atoms with Gasteiger partial charge in [-0.1, -0.05) is 30.3 Å². The molecule has 2 aromatic carbocycles. The number of nitrogens with one attached hydrogen (secondary N) is 1. The van der Waals surface area contributed by atoms with Gasteiger partial charge < -0.3 is 44.4 Å². The molecule has 14 nitrogen and oxygen atoms in total. The van der Waals surface area contributed by atoms with Gasteiger partial charge in [0, 0.05) is 77.4 Å². The number of aryl methyl sites for hydroxylation is 2. The average molecular weight is 789 g/mol. The van der Waals surface area contributed by atoms with Crippen LogP contribution >= 0.6 is 0 Å². The van der Waals surface area contributed by atoms with Crippen molar-refractivity contribution < 1.29 is 38.6 Å². The molecule has 0 spiro atoms. The standard InChI is InChI=1S/C43H60N6O8/c1-29-25-32(26-30(2)40(29)52)27-37(57-43(55)48-22-16-35(17-23-48)49-24-13-33-7-5-6-8-36(33)44-42(49)54)41(53)47-20-14-34(15-21-47)46-18-11-31(12-19-46)9-10-39(51)56-28-38(50)45(3)4/h5-8,25-26,31,34-35,37,52H,9-24,27-28H2,1-4H3,(H,44,54)/t37-/m1/s1. The number of amides is 5. The highest BCUT2D eigenvalue weighted by Crippen LogP contribution is 2.29. The van der Waals surface area contributed by atoms with Gasteiger partial charge in [-0.15, -0.1) is 0 Å². The lowest BCUT2D eigenvalue weighted by molar-refractivity contribution is -0.151. The maximum atomic E-state index is 14.2. The van der Waals surface area contributed by atoms with Crippen molar-refractivity contribution in [2.75, 3.05) is 71.8 Å². The quantitative estimate of drug-likeness (QED) is 0.308. The molecule has 2 N–H and O–H groups in total. The highest BCUT2D eigenvalue weighted by atomic mass is 16.6. The van der Waals surface area contributed by atoms with Gasteiger partial charge in [-0.25, -0.2) is 9.59 Å². The minimum Gasteiger partial charge on any atom is -0.507 e. The molecule has 4 aliphatic heterocycles. The zero-order valence-corrected chi connectivity index (χ0v) is 34.0. The Kier molecular flexibility index (Phi) is 14.0. The number of hydrogen-bond donors (Lipinski definition) is 2. The van der Waals surface area contributed by atoms with Crippen LogP contribution in [0.15, 0.2) is 36.4 Å². The Balaban J connectivity index is 1.00. The number of hydrogen-bond acceptors (Lipinski definition) is 9. The van der Waals surface area contributed by atoms with E-state index in [0.29, 0.717) is 75.1 Å². The minimum absolute atomic E-state index is 0.00858. The number of phenolic OH excluding ortho intramolecular Hbond substituents is 1. The normalized spacial score (nSPS) is 19.3. The number of fused-ring (bicyclic) bond motifs is 1. The highest BCUT2D eigenvalue weighted by molar-refractivity contribution is 5.91. The maximum Gasteiger partial charge on any atom is 0.410 e. The molecule has 6 rings (SSSR count). The number of carbonyl (C=O) groups excluding carboxylic acids is 5. The molecule has 5 amide bonds. The van der Waals surface area contributed by atoms with Gasteiger partial charge in [0.15, 0.2) is 12.7 Å². The summed E-state index contributed by atoms with van der Waals surface area (Å²) < 4.78 is 11.2. The summed E-state index contributed by atoms with van der Waals surface area (Å²) in [4.78, 5) is 74.2. The molecular weight excluding hydrogens is 729 g/mol. The number of piperidine rings is 3. The van der Waals surface area contributed by atoms with E-state index in [2.05, 4.69) is 10.2 Å². The lowest BCUT2D eigenvalue weighted by Crippen LogP contribution is -2.53. The molecule has 4 heterocycles. The predicted molar refractivity (Wildman–Crippen MR) is 215 cm³/mol. The fourth-order valence-corrected chi connectivity index (χ4v) is 8.78. The molecule has 3 fully saturated rings. The van der Waals surface area contributed by atoms with Crippen molar-refractivity contribution in [3.8, 4) is 5.75 Å². The molecule has 4 aliphatic rings. The first-order chi connectivity index (χ1) is 27.4. The molecular formula is C43H60N6O8. The number of esters is 1. The van der Waals surface area contributed by atoms with E-state index in [9.17, 15) is 29.1 Å². The zero-order valence-electron chi connectivity index (χ0n) is 34.0. The van der Waals surface area contributed by atoms with E-state index in [0.717, 1.165) is 68.4 Å². The van der Waals surface area contributed by atoms with Crippen LogP contribution in [0.3, 0.4) is 0 Å². The van der Waals surface area contributed by atoms with Crippen molar-refractivity contribution in [3.05, 3.63) is 58.7 Å². The first-order valence-electron chi connectivity index (χ1n) is 20.6. The number of phenols is 1. The number of benzene rings is 2. The lowest BCUT2D eigenvalue weighted by Gasteiger charge is -2.42. The molecule has 57 heavy (non-hydrogen) atoms. The largest absolute Gasteiger partial charge is 0.507 e. The van der Waals surface area contributed by atoms with Crippen LogP contribution in [0, 0.1) is 19.8 Å². The Morgan fingerprint density at radius 1 is 0.860 bits per heavy atom. The van der Waals surface area contributed by atoms with Crippen LogP contribution in [0.2, 0.25) is 0 Å². The first kappa shape index (κ1) is 41.8. The lowest BCUT2D eigenvalue weighted by atomic mass is 9.90. The molecule has 0 unspecified atom stereocenters. The number of likely N-dealkylation sites (N-methyl/N-ethyl adjacent to an activating group) is 1. The van der Waals surface area contributed by atoms with E-state index < -0.39 is 12.2 Å². The molecule has 14 heteroatoms. The molecule has 3 saturated heterocycles. The first-order valence-corrected chi connectivity index (χ1v) is 20.6. The van der Waals surface area contributed by atoms with Crippen molar-refractivity contribution in [1.82, 2.24) is 24.5 Å². The van der Waals surface area contributed by atoms with Gasteiger partial charge in [-0.05, 0) is 113 Å². The Labute approximate surface area is 336 Å². The molecule has 0 radical (unpaired) electrons. The molecule has 0 saturated carbocycles. The van der Waals surface area contributed by atoms with E-state index in [1.165, 1.54) is 4.90 Å². The van der Waals surface area contributed by atoms with Crippen molar-refractivity contribution in [3.63, 3.8) is 0 Å². The summed E-state index contributed by atoms with van der Waals surface area (Å²) in [7, 11) is 3.26. The van der Waals surface area contributed by atoms with Gasteiger partial charge in [0.25, 0.3) is 11.8 Å². The molecule has 0 aromatic heterocycles. The summed E-state index contributed by atoms with van der Waals surface area (Å²) in [5.74, 6) is -0.132. The molecule has 0 aliphatic carbocycles. The Morgan fingerprint density at radius 3 is 2.16 bits per heavy atom. The maximum absolute atomic E-state index is 14.2. The third-order valence-electron chi connectivity index (χ3n) is 12.3. The fourth-order valence-electron chi connectivity index (χ4n) is 8.78. The number of likely N-dealkylation sites (tertiary alicyclic amines) is 3. The van der Waals surface area contributed by atoms with Gasteiger partial charge in [-0.3, -0.25) is 14.4 Å². The summed E-state index contributed by atoms with van der Waals surface area (Å²) in [5.41, 5.74) is 4.17. The van der Waals surface area contributed by atoms with E-state index >= 15 is 0 Å². The molecule has 1 atom stereocenters. The van der Waals surface area contributed by atoms with Crippen LogP contribution in [0.4, 0.5) is 15.3 Å². The number of ether oxygens (including phenoxy) is 2. The van der Waals surface area contributed by atoms with Gasteiger partial charge in [-0.2, -0.15) is 0 Å². The average Bonchev–Trinajstić information content (AvgIpc) is 3.38. The second-order valence-corrected chi connectivity index (χ2v) is 16.4. The summed E-state index contributed by atoms with van der Waals surface area (Å²) >= 11 is 0. The summed E-state index contributed by atoms with van der Waals surface area (Å²) in [6.07, 6.45) is 5.33. The Bertz CT molecular complexity index is 1740. The van der Waals surface area contributed by atoms with Gasteiger partial charge in [0.1, 0.15) is 5.75 Å². The van der Waals surface area contributed by atoms with Crippen molar-refractivity contribution in [2.24, 2.45) is 5.92 Å². The topological polar surface area (TPSA) is 152 Å². The van der Waals surface area contributed by atoms with Crippen LogP contribution in [0.25, 0.3) is 0 Å². The second kappa shape index (κ2) is 19.1. The van der Waals surface area contributed by atoms with E-state index in [1.54, 1.807) is 19.0 Å². The number of anilines is 1. The van der Waals surface area contributed by atoms with Crippen molar-refractivity contribution >= 4 is 35.6 Å². The molecule has 310 valence electrons. The zero-order chi connectivity index (χ0) is 40.6. The van der Waals surface area contributed by atoms with Crippen LogP contribution in [0.1, 0.15) is 73.6 Å². The third-order valence-corrected chi connectivity index (χ3v) is 12.3. The van der Waals surface area contributed by atoms with Crippen LogP contribution in [-0.4, -0.2) is 144 Å². The van der Waals surface area contributed by atoms with Gasteiger partial charge in [0.2, 0.25) is 0 Å². The SMILES string of the molecule is Cc1cc(C[C@@H](OC(=O)N2CCC(N3CCc4ccccc4NC3=O)CC2)C(=O)N2CCC(N3CCC(CCC(=O)OCC(=O)N(C)C)CC3)CC2)cc(C)c1O. The fraction of sp³-hybridized carbons (Fsp3) is 0.605. The third kappa shape index (κ3) is 10.8. The number of para-hydroxylation sites is 1. The van der Waals surface area contributed by atoms with E-state index in [1.807, 2.05) is 60.0 Å². The molecule has 0 bridgehead atoms. The number of nitrogens with zero attached hydrogens (tertiary/aromatic N) is 5. The van der Waals surface area contributed by atoms with Gasteiger partial charge >= 0.3 is 18.1 Å².